The molecule has 0 radical (unpaired) electrons. The Morgan fingerprint density at radius 1 is 1.41 bits per heavy atom. The van der Waals surface area contributed by atoms with Gasteiger partial charge in [0.15, 0.2) is 0 Å². The van der Waals surface area contributed by atoms with Crippen LogP contribution in [0.15, 0.2) is 24.7 Å². The van der Waals surface area contributed by atoms with Crippen molar-refractivity contribution in [3.8, 4) is 0 Å². The van der Waals surface area contributed by atoms with Crippen LogP contribution in [0.3, 0.4) is 0 Å². The van der Waals surface area contributed by atoms with Crippen LogP contribution in [0.1, 0.15) is 11.4 Å². The van der Waals surface area contributed by atoms with Gasteiger partial charge in [0.25, 0.3) is 0 Å². The molecule has 0 saturated heterocycles. The largest absolute Gasteiger partial charge is 0.397 e. The molecule has 5 nitrogen and oxygen atoms in total. The summed E-state index contributed by atoms with van der Waals surface area (Å²) in [5.41, 5.74) is 7.45. The van der Waals surface area contributed by atoms with E-state index in [0.29, 0.717) is 5.69 Å². The molecule has 0 aliphatic heterocycles. The molecular weight excluding hydrogens is 214 g/mol. The molecule has 0 unspecified atom stereocenters. The summed E-state index contributed by atoms with van der Waals surface area (Å²) in [6.07, 6.45) is 5.41. The first-order valence-corrected chi connectivity index (χ1v) is 5.47. The predicted octanol–water partition coefficient (Wildman–Crippen LogP) is 1.34. The number of anilines is 2. The van der Waals surface area contributed by atoms with Crippen molar-refractivity contribution < 1.29 is 0 Å². The molecule has 2 aromatic heterocycles. The molecule has 0 aromatic carbocycles. The Hall–Kier alpha value is -2.04. The summed E-state index contributed by atoms with van der Waals surface area (Å²) >= 11 is 0. The normalized spacial score (nSPS) is 10.5. The van der Waals surface area contributed by atoms with E-state index in [1.165, 1.54) is 0 Å². The molecule has 0 atom stereocenters. The summed E-state index contributed by atoms with van der Waals surface area (Å²) in [4.78, 5) is 10.7. The molecule has 0 spiro atoms. The van der Waals surface area contributed by atoms with Gasteiger partial charge in [-0.15, -0.1) is 0 Å². The Morgan fingerprint density at radius 2 is 2.18 bits per heavy atom. The van der Waals surface area contributed by atoms with Gasteiger partial charge < -0.3 is 15.2 Å². The molecule has 2 heterocycles. The van der Waals surface area contributed by atoms with Crippen LogP contribution in [-0.4, -0.2) is 21.6 Å². The van der Waals surface area contributed by atoms with Crippen molar-refractivity contribution in [3.63, 3.8) is 0 Å². The van der Waals surface area contributed by atoms with Gasteiger partial charge >= 0.3 is 0 Å². The maximum atomic E-state index is 5.69. The van der Waals surface area contributed by atoms with Gasteiger partial charge in [-0.3, -0.25) is 0 Å². The zero-order valence-electron chi connectivity index (χ0n) is 10.4. The van der Waals surface area contributed by atoms with Gasteiger partial charge in [0, 0.05) is 26.5 Å². The Morgan fingerprint density at radius 3 is 2.76 bits per heavy atom. The summed E-state index contributed by atoms with van der Waals surface area (Å²) in [5, 5.41) is 0. The highest BCUT2D eigenvalue weighted by molar-refractivity contribution is 5.52. The molecule has 2 aromatic rings. The summed E-state index contributed by atoms with van der Waals surface area (Å²) < 4.78 is 2.00. The van der Waals surface area contributed by atoms with E-state index in [4.69, 9.17) is 5.73 Å². The van der Waals surface area contributed by atoms with Gasteiger partial charge in [0.1, 0.15) is 11.6 Å². The van der Waals surface area contributed by atoms with Crippen molar-refractivity contribution in [2.75, 3.05) is 17.7 Å². The number of nitrogens with two attached hydrogens (primary N) is 1. The Kier molecular flexibility index (Phi) is 2.99. The van der Waals surface area contributed by atoms with E-state index in [9.17, 15) is 0 Å². The van der Waals surface area contributed by atoms with Crippen LogP contribution in [0.25, 0.3) is 0 Å². The number of aromatic nitrogens is 3. The van der Waals surface area contributed by atoms with Crippen molar-refractivity contribution in [3.05, 3.63) is 36.0 Å². The van der Waals surface area contributed by atoms with Crippen molar-refractivity contribution >= 4 is 11.5 Å². The number of rotatable bonds is 3. The van der Waals surface area contributed by atoms with E-state index in [2.05, 4.69) is 14.9 Å². The third kappa shape index (κ3) is 2.38. The third-order valence-corrected chi connectivity index (χ3v) is 2.73. The number of aryl methyl sites for hydroxylation is 2. The highest BCUT2D eigenvalue weighted by Crippen LogP contribution is 2.18. The molecule has 0 bridgehead atoms. The van der Waals surface area contributed by atoms with E-state index >= 15 is 0 Å². The minimum Gasteiger partial charge on any atom is -0.397 e. The van der Waals surface area contributed by atoms with Gasteiger partial charge in [-0.25, -0.2) is 9.97 Å². The Balaban J connectivity index is 2.20. The fourth-order valence-electron chi connectivity index (χ4n) is 1.82. The summed E-state index contributed by atoms with van der Waals surface area (Å²) in [5.74, 6) is 1.94. The first-order chi connectivity index (χ1) is 8.08. The highest BCUT2D eigenvalue weighted by atomic mass is 15.2. The van der Waals surface area contributed by atoms with Crippen LogP contribution in [0, 0.1) is 6.92 Å². The average molecular weight is 231 g/mol. The minimum atomic E-state index is 0.691. The molecule has 90 valence electrons. The second-order valence-electron chi connectivity index (χ2n) is 4.22. The first kappa shape index (κ1) is 11.4. The summed E-state index contributed by atoms with van der Waals surface area (Å²) in [6, 6.07) is 1.93. The number of hydrogen-bond donors (Lipinski definition) is 1. The van der Waals surface area contributed by atoms with E-state index in [-0.39, 0.29) is 0 Å². The number of pyridine rings is 1. The predicted molar refractivity (Wildman–Crippen MR) is 68.7 cm³/mol. The van der Waals surface area contributed by atoms with Crippen LogP contribution < -0.4 is 10.6 Å². The van der Waals surface area contributed by atoms with Gasteiger partial charge in [-0.05, 0) is 18.6 Å². The maximum Gasteiger partial charge on any atom is 0.131 e. The zero-order valence-corrected chi connectivity index (χ0v) is 10.4. The van der Waals surface area contributed by atoms with E-state index in [0.717, 1.165) is 23.8 Å². The molecule has 0 aliphatic carbocycles. The second-order valence-corrected chi connectivity index (χ2v) is 4.22. The average Bonchev–Trinajstić information content (AvgIpc) is 2.64. The quantitative estimate of drug-likeness (QED) is 0.866. The van der Waals surface area contributed by atoms with Crippen LogP contribution >= 0.6 is 0 Å². The fourth-order valence-corrected chi connectivity index (χ4v) is 1.82. The summed E-state index contributed by atoms with van der Waals surface area (Å²) in [7, 11) is 3.99. The minimum absolute atomic E-state index is 0.691. The summed E-state index contributed by atoms with van der Waals surface area (Å²) in [6.45, 7) is 2.73. The van der Waals surface area contributed by atoms with Crippen molar-refractivity contribution in [1.82, 2.24) is 14.5 Å². The molecule has 0 aliphatic rings. The molecular formula is C12H17N5. The van der Waals surface area contributed by atoms with Crippen LogP contribution in [-0.2, 0) is 13.6 Å². The van der Waals surface area contributed by atoms with Crippen LogP contribution in [0.4, 0.5) is 11.5 Å². The molecule has 0 saturated carbocycles. The Bertz CT molecular complexity index is 517. The molecule has 0 fully saturated rings. The zero-order chi connectivity index (χ0) is 12.4. The van der Waals surface area contributed by atoms with E-state index in [1.54, 1.807) is 12.4 Å². The number of nitrogen functional groups attached to an aromatic ring is 1. The van der Waals surface area contributed by atoms with E-state index in [1.807, 2.05) is 37.8 Å². The fraction of sp³-hybridized carbons (Fsp3) is 0.333. The molecule has 2 rings (SSSR count). The third-order valence-electron chi connectivity index (χ3n) is 2.73. The molecule has 2 N–H and O–H groups in total. The van der Waals surface area contributed by atoms with Crippen molar-refractivity contribution in [2.24, 2.45) is 7.05 Å². The standard InChI is InChI=1S/C12H17N5/c1-9-6-10(13)7-15-12(9)17(3)8-11-14-4-5-16(11)2/h4-7H,8,13H2,1-3H3. The first-order valence-electron chi connectivity index (χ1n) is 5.47. The topological polar surface area (TPSA) is 60.0 Å². The van der Waals surface area contributed by atoms with Crippen LogP contribution in [0.5, 0.6) is 0 Å². The monoisotopic (exact) mass is 231 g/mol. The molecule has 17 heavy (non-hydrogen) atoms. The second kappa shape index (κ2) is 4.45. The van der Waals surface area contributed by atoms with Gasteiger partial charge in [0.05, 0.1) is 18.4 Å². The van der Waals surface area contributed by atoms with Crippen molar-refractivity contribution in [2.45, 2.75) is 13.5 Å². The van der Waals surface area contributed by atoms with Gasteiger partial charge in [-0.2, -0.15) is 0 Å². The smallest absolute Gasteiger partial charge is 0.131 e. The number of nitrogens with zero attached hydrogens (tertiary/aromatic N) is 4. The highest BCUT2D eigenvalue weighted by Gasteiger charge is 2.09. The molecule has 0 amide bonds. The van der Waals surface area contributed by atoms with Crippen LogP contribution in [0.2, 0.25) is 0 Å². The lowest BCUT2D eigenvalue weighted by Gasteiger charge is -2.19. The number of hydrogen-bond acceptors (Lipinski definition) is 4. The maximum absolute atomic E-state index is 5.69. The van der Waals surface area contributed by atoms with Crippen molar-refractivity contribution in [1.29, 1.82) is 0 Å². The lowest BCUT2D eigenvalue weighted by Crippen LogP contribution is -2.21. The van der Waals surface area contributed by atoms with E-state index < -0.39 is 0 Å². The SMILES string of the molecule is Cc1cc(N)cnc1N(C)Cc1nccn1C. The lowest BCUT2D eigenvalue weighted by atomic mass is 10.2. The van der Waals surface area contributed by atoms with Gasteiger partial charge in [0.2, 0.25) is 0 Å². The lowest BCUT2D eigenvalue weighted by molar-refractivity contribution is 0.754. The number of imidazole rings is 1. The van der Waals surface area contributed by atoms with Gasteiger partial charge in [-0.1, -0.05) is 0 Å². The Labute approximate surface area is 101 Å². The molecule has 5 heteroatoms.